The van der Waals surface area contributed by atoms with Gasteiger partial charge in [-0.1, -0.05) is 0 Å². The maximum atomic E-state index is 15.1. The van der Waals surface area contributed by atoms with Crippen molar-refractivity contribution in [1.82, 2.24) is 24.9 Å². The number of anilines is 3. The molecular formula is C21H13F2N7O2. The Bertz CT molecular complexity index is 1430. The molecule has 0 fully saturated rings. The van der Waals surface area contributed by atoms with Gasteiger partial charge in [0.15, 0.2) is 17.2 Å². The average Bonchev–Trinajstić information content (AvgIpc) is 3.51. The number of H-pyrrole nitrogens is 1. The minimum atomic E-state index is -1.00. The molecule has 11 heteroatoms. The summed E-state index contributed by atoms with van der Waals surface area (Å²) in [5.74, 6) is -2.41. The standard InChI is InChI=1S/C21H13F2N7O2/c22-12-5-6-13(29-21(31)14-4-2-8-32-14)15(23)17(12)30-19-11(3-1-7-24-19)16-18-20(27-9-25-16)28-10-26-18/h1-10H,(H,24,30)(H,29,31)(H,25,26,27,28). The van der Waals surface area contributed by atoms with Gasteiger partial charge >= 0.3 is 0 Å². The molecule has 158 valence electrons. The number of fused-ring (bicyclic) bond motifs is 1. The van der Waals surface area contributed by atoms with Crippen LogP contribution in [-0.4, -0.2) is 30.8 Å². The molecule has 0 atom stereocenters. The van der Waals surface area contributed by atoms with Gasteiger partial charge in [-0.2, -0.15) is 0 Å². The highest BCUT2D eigenvalue weighted by Crippen LogP contribution is 2.33. The van der Waals surface area contributed by atoms with Crippen LogP contribution in [0.5, 0.6) is 0 Å². The van der Waals surface area contributed by atoms with E-state index in [4.69, 9.17) is 4.42 Å². The van der Waals surface area contributed by atoms with Crippen molar-refractivity contribution in [2.75, 3.05) is 10.6 Å². The van der Waals surface area contributed by atoms with Crippen LogP contribution in [0, 0.1) is 11.6 Å². The van der Waals surface area contributed by atoms with E-state index in [1.807, 2.05) is 0 Å². The number of carbonyl (C=O) groups excluding carboxylic acids is 1. The molecule has 5 rings (SSSR count). The lowest BCUT2D eigenvalue weighted by Crippen LogP contribution is -2.13. The average molecular weight is 433 g/mol. The van der Waals surface area contributed by atoms with Crippen LogP contribution in [-0.2, 0) is 0 Å². The van der Waals surface area contributed by atoms with Crippen LogP contribution in [0.3, 0.4) is 0 Å². The van der Waals surface area contributed by atoms with Crippen molar-refractivity contribution in [2.45, 2.75) is 0 Å². The number of aromatic nitrogens is 5. The maximum Gasteiger partial charge on any atom is 0.291 e. The van der Waals surface area contributed by atoms with E-state index in [9.17, 15) is 9.18 Å². The Morgan fingerprint density at radius 3 is 2.78 bits per heavy atom. The molecular weight excluding hydrogens is 420 g/mol. The molecule has 0 unspecified atom stereocenters. The molecule has 32 heavy (non-hydrogen) atoms. The molecule has 0 radical (unpaired) electrons. The summed E-state index contributed by atoms with van der Waals surface area (Å²) in [4.78, 5) is 31.8. The van der Waals surface area contributed by atoms with Crippen LogP contribution in [0.15, 0.2) is 65.9 Å². The van der Waals surface area contributed by atoms with E-state index in [1.54, 1.807) is 12.1 Å². The van der Waals surface area contributed by atoms with Gasteiger partial charge in [0, 0.05) is 11.8 Å². The van der Waals surface area contributed by atoms with Crippen molar-refractivity contribution >= 4 is 34.3 Å². The van der Waals surface area contributed by atoms with Crippen LogP contribution in [0.1, 0.15) is 10.6 Å². The predicted molar refractivity (Wildman–Crippen MR) is 111 cm³/mol. The zero-order chi connectivity index (χ0) is 22.1. The number of aromatic amines is 1. The molecule has 0 aliphatic rings. The zero-order valence-corrected chi connectivity index (χ0v) is 16.1. The molecule has 0 saturated carbocycles. The van der Waals surface area contributed by atoms with Gasteiger partial charge in [0.1, 0.15) is 34.9 Å². The highest BCUT2D eigenvalue weighted by Gasteiger charge is 2.20. The highest BCUT2D eigenvalue weighted by atomic mass is 19.1. The highest BCUT2D eigenvalue weighted by molar-refractivity contribution is 6.02. The number of halogens is 2. The fraction of sp³-hybridized carbons (Fsp3) is 0. The molecule has 9 nitrogen and oxygen atoms in total. The van der Waals surface area contributed by atoms with Crippen LogP contribution in [0.4, 0.5) is 26.0 Å². The third kappa shape index (κ3) is 3.41. The molecule has 4 aromatic heterocycles. The Morgan fingerprint density at radius 2 is 1.94 bits per heavy atom. The van der Waals surface area contributed by atoms with Crippen molar-refractivity contribution in [1.29, 1.82) is 0 Å². The third-order valence-electron chi connectivity index (χ3n) is 4.61. The van der Waals surface area contributed by atoms with E-state index in [2.05, 4.69) is 35.6 Å². The summed E-state index contributed by atoms with van der Waals surface area (Å²) >= 11 is 0. The van der Waals surface area contributed by atoms with E-state index in [-0.39, 0.29) is 17.3 Å². The van der Waals surface area contributed by atoms with Gasteiger partial charge in [-0.25, -0.2) is 28.7 Å². The number of nitrogens with one attached hydrogen (secondary N) is 3. The lowest BCUT2D eigenvalue weighted by molar-refractivity contribution is 0.0996. The van der Waals surface area contributed by atoms with E-state index < -0.39 is 23.2 Å². The molecule has 0 bridgehead atoms. The number of pyridine rings is 1. The first-order chi connectivity index (χ1) is 15.6. The summed E-state index contributed by atoms with van der Waals surface area (Å²) in [6, 6.07) is 8.45. The lowest BCUT2D eigenvalue weighted by Gasteiger charge is -2.14. The maximum absolute atomic E-state index is 15.1. The van der Waals surface area contributed by atoms with Gasteiger partial charge < -0.3 is 20.0 Å². The van der Waals surface area contributed by atoms with Gasteiger partial charge in [0.25, 0.3) is 5.91 Å². The van der Waals surface area contributed by atoms with Gasteiger partial charge in [-0.05, 0) is 36.4 Å². The number of carbonyl (C=O) groups is 1. The van der Waals surface area contributed by atoms with E-state index >= 15 is 4.39 Å². The summed E-state index contributed by atoms with van der Waals surface area (Å²) in [6.45, 7) is 0. The molecule has 5 aromatic rings. The summed E-state index contributed by atoms with van der Waals surface area (Å²) in [7, 11) is 0. The number of furan rings is 1. The molecule has 3 N–H and O–H groups in total. The summed E-state index contributed by atoms with van der Waals surface area (Å²) < 4.78 is 34.7. The third-order valence-corrected chi connectivity index (χ3v) is 4.61. The number of rotatable bonds is 5. The Labute approximate surface area is 178 Å². The number of imidazole rings is 1. The smallest absolute Gasteiger partial charge is 0.291 e. The summed E-state index contributed by atoms with van der Waals surface area (Å²) in [6.07, 6.45) is 5.59. The fourth-order valence-electron chi connectivity index (χ4n) is 3.14. The summed E-state index contributed by atoms with van der Waals surface area (Å²) in [5, 5.41) is 5.05. The van der Waals surface area contributed by atoms with Gasteiger partial charge in [-0.15, -0.1) is 0 Å². The Hall–Kier alpha value is -4.67. The molecule has 0 spiro atoms. The fourth-order valence-corrected chi connectivity index (χ4v) is 3.14. The normalized spacial score (nSPS) is 10.9. The minimum absolute atomic E-state index is 0.0115. The van der Waals surface area contributed by atoms with Gasteiger partial charge in [0.2, 0.25) is 0 Å². The van der Waals surface area contributed by atoms with Crippen molar-refractivity contribution in [3.8, 4) is 11.3 Å². The number of nitrogens with zero attached hydrogens (tertiary/aromatic N) is 4. The molecule has 0 aliphatic carbocycles. The first-order valence-corrected chi connectivity index (χ1v) is 9.31. The Balaban J connectivity index is 1.53. The van der Waals surface area contributed by atoms with Crippen molar-refractivity contribution < 1.29 is 18.0 Å². The van der Waals surface area contributed by atoms with Crippen molar-refractivity contribution in [3.63, 3.8) is 0 Å². The SMILES string of the molecule is O=C(Nc1ccc(F)c(Nc2ncccc2-c2ncnc3nc[nH]c23)c1F)c1ccco1. The van der Waals surface area contributed by atoms with E-state index in [1.165, 1.54) is 37.2 Å². The Kier molecular flexibility index (Phi) is 4.75. The molecule has 1 aromatic carbocycles. The first-order valence-electron chi connectivity index (χ1n) is 9.31. The van der Waals surface area contributed by atoms with Crippen molar-refractivity contribution in [3.05, 3.63) is 78.9 Å². The van der Waals surface area contributed by atoms with Crippen LogP contribution in [0.25, 0.3) is 22.4 Å². The number of hydrogen-bond donors (Lipinski definition) is 3. The molecule has 1 amide bonds. The van der Waals surface area contributed by atoms with Gasteiger partial charge in [0.05, 0.1) is 18.3 Å². The number of amides is 1. The molecule has 4 heterocycles. The number of benzene rings is 1. The van der Waals surface area contributed by atoms with Crippen LogP contribution >= 0.6 is 0 Å². The first kappa shape index (κ1) is 19.3. The molecule has 0 aliphatic heterocycles. The van der Waals surface area contributed by atoms with Crippen molar-refractivity contribution in [2.24, 2.45) is 0 Å². The lowest BCUT2D eigenvalue weighted by atomic mass is 10.1. The monoisotopic (exact) mass is 433 g/mol. The minimum Gasteiger partial charge on any atom is -0.459 e. The van der Waals surface area contributed by atoms with E-state index in [0.29, 0.717) is 22.4 Å². The second-order valence-corrected chi connectivity index (χ2v) is 6.56. The summed E-state index contributed by atoms with van der Waals surface area (Å²) in [5.41, 5.74) is 1.18. The zero-order valence-electron chi connectivity index (χ0n) is 16.1. The van der Waals surface area contributed by atoms with E-state index in [0.717, 1.165) is 12.1 Å². The van der Waals surface area contributed by atoms with Crippen LogP contribution in [0.2, 0.25) is 0 Å². The topological polar surface area (TPSA) is 122 Å². The van der Waals surface area contributed by atoms with Crippen LogP contribution < -0.4 is 10.6 Å². The number of hydrogen-bond acceptors (Lipinski definition) is 7. The Morgan fingerprint density at radius 1 is 1.03 bits per heavy atom. The predicted octanol–water partition coefficient (Wildman–Crippen LogP) is 4.28. The second kappa shape index (κ2) is 7.87. The second-order valence-electron chi connectivity index (χ2n) is 6.56. The van der Waals surface area contributed by atoms with Gasteiger partial charge in [-0.3, -0.25) is 4.79 Å². The quantitative estimate of drug-likeness (QED) is 0.378. The molecule has 0 saturated heterocycles. The largest absolute Gasteiger partial charge is 0.459 e.